The smallest absolute Gasteiger partial charge is 0.417 e. The van der Waals surface area contributed by atoms with Crippen LogP contribution in [0.15, 0.2) is 85.2 Å². The van der Waals surface area contributed by atoms with Gasteiger partial charge in [0.25, 0.3) is 0 Å². The first-order valence-electron chi connectivity index (χ1n) is 9.86. The number of rotatable bonds is 5. The maximum absolute atomic E-state index is 13.8. The molecule has 0 unspecified atom stereocenters. The Bertz CT molecular complexity index is 1230. The number of ether oxygens (including phenoxy) is 1. The van der Waals surface area contributed by atoms with E-state index >= 15 is 0 Å². The lowest BCUT2D eigenvalue weighted by molar-refractivity contribution is -0.137. The molecule has 0 amide bonds. The van der Waals surface area contributed by atoms with Crippen LogP contribution in [-0.4, -0.2) is 15.5 Å². The topological polar surface area (TPSA) is 44.1 Å². The van der Waals surface area contributed by atoms with Gasteiger partial charge in [-0.2, -0.15) is 13.2 Å². The summed E-state index contributed by atoms with van der Waals surface area (Å²) in [7, 11) is 0. The van der Waals surface area contributed by atoms with E-state index in [9.17, 15) is 18.0 Å². The summed E-state index contributed by atoms with van der Waals surface area (Å²) >= 11 is 0. The predicted octanol–water partition coefficient (Wildman–Crippen LogP) is 6.22. The van der Waals surface area contributed by atoms with Crippen molar-refractivity contribution in [3.63, 3.8) is 0 Å². The molecular formula is C25H19F3N2O2. The molecule has 0 saturated carbocycles. The van der Waals surface area contributed by atoms with E-state index in [0.717, 1.165) is 11.6 Å². The number of aryl methyl sites for hydroxylation is 1. The van der Waals surface area contributed by atoms with Crippen molar-refractivity contribution in [2.24, 2.45) is 0 Å². The Balaban J connectivity index is 1.84. The van der Waals surface area contributed by atoms with Crippen LogP contribution < -0.4 is 0 Å². The van der Waals surface area contributed by atoms with Crippen LogP contribution in [0.3, 0.4) is 0 Å². The number of esters is 1. The molecule has 162 valence electrons. The van der Waals surface area contributed by atoms with Crippen LogP contribution in [0.4, 0.5) is 13.2 Å². The van der Waals surface area contributed by atoms with Crippen molar-refractivity contribution in [2.75, 3.05) is 0 Å². The van der Waals surface area contributed by atoms with Crippen LogP contribution in [0.25, 0.3) is 16.9 Å². The molecule has 0 aliphatic rings. The number of aromatic nitrogens is 2. The average molecular weight is 436 g/mol. The first-order valence-corrected chi connectivity index (χ1v) is 9.86. The van der Waals surface area contributed by atoms with Crippen LogP contribution >= 0.6 is 0 Å². The minimum Gasteiger partial charge on any atom is -0.456 e. The number of hydrogen-bond donors (Lipinski definition) is 0. The summed E-state index contributed by atoms with van der Waals surface area (Å²) in [5, 5.41) is 0. The first kappa shape index (κ1) is 21.4. The van der Waals surface area contributed by atoms with Gasteiger partial charge in [0, 0.05) is 11.8 Å². The van der Waals surface area contributed by atoms with Crippen molar-refractivity contribution in [3.05, 3.63) is 108 Å². The summed E-state index contributed by atoms with van der Waals surface area (Å²) in [6.45, 7) is 1.72. The fourth-order valence-electron chi connectivity index (χ4n) is 3.61. The van der Waals surface area contributed by atoms with Gasteiger partial charge < -0.3 is 9.30 Å². The predicted molar refractivity (Wildman–Crippen MR) is 114 cm³/mol. The van der Waals surface area contributed by atoms with Crippen molar-refractivity contribution < 1.29 is 22.7 Å². The highest BCUT2D eigenvalue weighted by molar-refractivity contribution is 5.91. The molecule has 2 heterocycles. The molecule has 7 heteroatoms. The van der Waals surface area contributed by atoms with Gasteiger partial charge in [-0.3, -0.25) is 4.98 Å². The number of pyridine rings is 1. The Hall–Kier alpha value is -3.87. The van der Waals surface area contributed by atoms with Crippen LogP contribution in [0, 0.1) is 6.92 Å². The average Bonchev–Trinajstić information content (AvgIpc) is 3.15. The van der Waals surface area contributed by atoms with Gasteiger partial charge in [0.2, 0.25) is 0 Å². The SMILES string of the molecule is Cc1cc(C(=O)OCc2ccccc2)n(-c2cccnc2)c1-c1ccccc1C(F)(F)F. The largest absolute Gasteiger partial charge is 0.456 e. The van der Waals surface area contributed by atoms with Crippen LogP contribution in [-0.2, 0) is 17.5 Å². The molecule has 0 spiro atoms. The summed E-state index contributed by atoms with van der Waals surface area (Å²) in [6.07, 6.45) is -1.51. The van der Waals surface area contributed by atoms with Crippen molar-refractivity contribution in [2.45, 2.75) is 19.7 Å². The molecule has 2 aromatic heterocycles. The number of hydrogen-bond acceptors (Lipinski definition) is 3. The molecule has 0 aliphatic carbocycles. The van der Waals surface area contributed by atoms with Gasteiger partial charge in [-0.1, -0.05) is 48.5 Å². The van der Waals surface area contributed by atoms with Gasteiger partial charge in [-0.05, 0) is 42.3 Å². The van der Waals surface area contributed by atoms with Crippen LogP contribution in [0.1, 0.15) is 27.2 Å². The van der Waals surface area contributed by atoms with Crippen molar-refractivity contribution in [3.8, 4) is 16.9 Å². The Morgan fingerprint density at radius 1 is 1.00 bits per heavy atom. The minimum absolute atomic E-state index is 0.0246. The molecule has 0 radical (unpaired) electrons. The zero-order chi connectivity index (χ0) is 22.7. The summed E-state index contributed by atoms with van der Waals surface area (Å²) < 4.78 is 48.2. The summed E-state index contributed by atoms with van der Waals surface area (Å²) in [5.41, 5.74) is 1.35. The highest BCUT2D eigenvalue weighted by atomic mass is 19.4. The third-order valence-corrected chi connectivity index (χ3v) is 5.00. The summed E-state index contributed by atoms with van der Waals surface area (Å²) in [6, 6.07) is 19.4. The Kier molecular flexibility index (Phi) is 5.81. The van der Waals surface area contributed by atoms with Gasteiger partial charge >= 0.3 is 12.1 Å². The van der Waals surface area contributed by atoms with E-state index in [1.807, 2.05) is 30.3 Å². The quantitative estimate of drug-likeness (QED) is 0.349. The second kappa shape index (κ2) is 8.70. The number of nitrogens with zero attached hydrogens (tertiary/aromatic N) is 2. The second-order valence-corrected chi connectivity index (χ2v) is 7.21. The number of halogens is 3. The van der Waals surface area contributed by atoms with Gasteiger partial charge in [-0.15, -0.1) is 0 Å². The summed E-state index contributed by atoms with van der Waals surface area (Å²) in [4.78, 5) is 17.1. The monoisotopic (exact) mass is 436 g/mol. The van der Waals surface area contributed by atoms with E-state index < -0.39 is 17.7 Å². The number of carbonyl (C=O) groups is 1. The molecule has 0 saturated heterocycles. The van der Waals surface area contributed by atoms with Gasteiger partial charge in [0.15, 0.2) is 0 Å². The Labute approximate surface area is 182 Å². The lowest BCUT2D eigenvalue weighted by Gasteiger charge is -2.17. The fourth-order valence-corrected chi connectivity index (χ4v) is 3.61. The van der Waals surface area contributed by atoms with E-state index in [4.69, 9.17) is 4.74 Å². The van der Waals surface area contributed by atoms with E-state index in [0.29, 0.717) is 11.3 Å². The molecule has 4 nitrogen and oxygen atoms in total. The maximum Gasteiger partial charge on any atom is 0.417 e. The van der Waals surface area contributed by atoms with E-state index in [-0.39, 0.29) is 23.6 Å². The lowest BCUT2D eigenvalue weighted by Crippen LogP contribution is -2.13. The van der Waals surface area contributed by atoms with Crippen molar-refractivity contribution in [1.82, 2.24) is 9.55 Å². The lowest BCUT2D eigenvalue weighted by atomic mass is 10.0. The van der Waals surface area contributed by atoms with Crippen LogP contribution in [0.5, 0.6) is 0 Å². The maximum atomic E-state index is 13.8. The standard InChI is InChI=1S/C25H19F3N2O2/c1-17-14-22(24(31)32-16-18-8-3-2-4-9-18)30(19-10-7-13-29-15-19)23(17)20-11-5-6-12-21(20)25(26,27)28/h2-15H,16H2,1H3. The number of alkyl halides is 3. The second-order valence-electron chi connectivity index (χ2n) is 7.21. The molecule has 4 aromatic rings. The number of benzene rings is 2. The molecule has 32 heavy (non-hydrogen) atoms. The highest BCUT2D eigenvalue weighted by Gasteiger charge is 2.35. The van der Waals surface area contributed by atoms with Crippen LogP contribution in [0.2, 0.25) is 0 Å². The first-order chi connectivity index (χ1) is 15.4. The third kappa shape index (κ3) is 4.27. The summed E-state index contributed by atoms with van der Waals surface area (Å²) in [5.74, 6) is -0.642. The molecule has 0 bridgehead atoms. The van der Waals surface area contributed by atoms with E-state index in [1.54, 1.807) is 31.3 Å². The molecule has 4 rings (SSSR count). The van der Waals surface area contributed by atoms with E-state index in [1.165, 1.54) is 29.0 Å². The normalized spacial score (nSPS) is 11.4. The van der Waals surface area contributed by atoms with Gasteiger partial charge in [-0.25, -0.2) is 4.79 Å². The zero-order valence-corrected chi connectivity index (χ0v) is 17.1. The molecule has 0 fully saturated rings. The van der Waals surface area contributed by atoms with Crippen molar-refractivity contribution >= 4 is 5.97 Å². The molecule has 0 aliphatic heterocycles. The van der Waals surface area contributed by atoms with E-state index in [2.05, 4.69) is 4.98 Å². The Morgan fingerprint density at radius 3 is 2.41 bits per heavy atom. The minimum atomic E-state index is -4.55. The molecule has 0 N–H and O–H groups in total. The number of carbonyl (C=O) groups excluding carboxylic acids is 1. The highest BCUT2D eigenvalue weighted by Crippen LogP contribution is 2.40. The third-order valence-electron chi connectivity index (χ3n) is 5.00. The van der Waals surface area contributed by atoms with Crippen molar-refractivity contribution in [1.29, 1.82) is 0 Å². The van der Waals surface area contributed by atoms with Gasteiger partial charge in [0.05, 0.1) is 23.1 Å². The van der Waals surface area contributed by atoms with Gasteiger partial charge in [0.1, 0.15) is 12.3 Å². The molecule has 2 aromatic carbocycles. The fraction of sp³-hybridized carbons (Fsp3) is 0.120. The molecular weight excluding hydrogens is 417 g/mol. The molecule has 0 atom stereocenters. The zero-order valence-electron chi connectivity index (χ0n) is 17.1. The Morgan fingerprint density at radius 2 is 1.72 bits per heavy atom.